The van der Waals surface area contributed by atoms with Crippen molar-refractivity contribution in [1.29, 1.82) is 0 Å². The quantitative estimate of drug-likeness (QED) is 0.348. The molecule has 4 nitrogen and oxygen atoms in total. The van der Waals surface area contributed by atoms with Crippen LogP contribution in [0.3, 0.4) is 0 Å². The van der Waals surface area contributed by atoms with Crippen molar-refractivity contribution in [3.63, 3.8) is 0 Å². The van der Waals surface area contributed by atoms with Crippen molar-refractivity contribution in [3.8, 4) is 0 Å². The molecule has 1 saturated carbocycles. The van der Waals surface area contributed by atoms with Crippen LogP contribution in [-0.4, -0.2) is 30.4 Å². The van der Waals surface area contributed by atoms with E-state index in [1.165, 1.54) is 6.42 Å². The van der Waals surface area contributed by atoms with Gasteiger partial charge in [0.05, 0.1) is 6.61 Å². The summed E-state index contributed by atoms with van der Waals surface area (Å²) in [6.45, 7) is -0.277. The highest BCUT2D eigenvalue weighted by Gasteiger charge is 2.43. The molecule has 0 radical (unpaired) electrons. The Morgan fingerprint density at radius 2 is 1.94 bits per heavy atom. The molecule has 0 heterocycles. The van der Waals surface area contributed by atoms with Crippen LogP contribution in [0.1, 0.15) is 32.1 Å². The van der Waals surface area contributed by atoms with Crippen LogP contribution >= 0.6 is 0 Å². The monoisotopic (exact) mass is 268 g/mol. The Morgan fingerprint density at radius 3 is 2.44 bits per heavy atom. The smallest absolute Gasteiger partial charge is 0.401 e. The molecule has 0 amide bonds. The first kappa shape index (κ1) is 15.1. The van der Waals surface area contributed by atoms with Crippen molar-refractivity contribution in [3.05, 3.63) is 0 Å². The summed E-state index contributed by atoms with van der Waals surface area (Å²) in [4.78, 5) is 0. The Kier molecular flexibility index (Phi) is 5.71. The summed E-state index contributed by atoms with van der Waals surface area (Å²) in [6.07, 6.45) is 0.850. The number of nitrogens with two attached hydrogens (primary N) is 1. The summed E-state index contributed by atoms with van der Waals surface area (Å²) >= 11 is 0. The normalized spacial score (nSPS) is 20.9. The molecule has 1 aliphatic carbocycles. The predicted octanol–water partition coefficient (Wildman–Crippen LogP) is 2.51. The number of rotatable bonds is 5. The van der Waals surface area contributed by atoms with E-state index in [4.69, 9.17) is 15.7 Å². The van der Waals surface area contributed by atoms with Crippen LogP contribution in [-0.2, 0) is 4.74 Å². The molecule has 1 fully saturated rings. The first-order valence-electron chi connectivity index (χ1n) is 6.07. The molecule has 18 heavy (non-hydrogen) atoms. The summed E-state index contributed by atoms with van der Waals surface area (Å²) in [7, 11) is 0. The summed E-state index contributed by atoms with van der Waals surface area (Å²) in [5.41, 5.74) is 5.02. The van der Waals surface area contributed by atoms with Crippen molar-refractivity contribution >= 4 is 5.84 Å². The van der Waals surface area contributed by atoms with E-state index >= 15 is 0 Å². The number of nitrogens with zero attached hydrogens (tertiary/aromatic N) is 1. The van der Waals surface area contributed by atoms with Gasteiger partial charge in [0.1, 0.15) is 5.92 Å². The van der Waals surface area contributed by atoms with Gasteiger partial charge < -0.3 is 15.7 Å². The van der Waals surface area contributed by atoms with Gasteiger partial charge >= 0.3 is 6.18 Å². The lowest BCUT2D eigenvalue weighted by Crippen LogP contribution is -2.39. The third-order valence-electron chi connectivity index (χ3n) is 3.23. The van der Waals surface area contributed by atoms with Crippen LogP contribution in [0.4, 0.5) is 13.2 Å². The third-order valence-corrected chi connectivity index (χ3v) is 3.23. The number of hydrogen-bond acceptors (Lipinski definition) is 3. The van der Waals surface area contributed by atoms with Gasteiger partial charge in [-0.05, 0) is 18.8 Å². The van der Waals surface area contributed by atoms with Gasteiger partial charge in [0.2, 0.25) is 0 Å². The molecule has 1 aliphatic rings. The van der Waals surface area contributed by atoms with E-state index in [2.05, 4.69) is 5.16 Å². The van der Waals surface area contributed by atoms with E-state index < -0.39 is 24.5 Å². The minimum atomic E-state index is -4.55. The standard InChI is InChI=1S/C11H19F3N2O2/c12-11(13,14)9(10(15)16-17)7-18-6-8-4-2-1-3-5-8/h8-9,17H,1-7H2,(H2,15,16). The molecule has 0 saturated heterocycles. The van der Waals surface area contributed by atoms with Gasteiger partial charge in [0.25, 0.3) is 0 Å². The maximum absolute atomic E-state index is 12.6. The van der Waals surface area contributed by atoms with Crippen LogP contribution in [0.2, 0.25) is 0 Å². The molecule has 0 aromatic heterocycles. The van der Waals surface area contributed by atoms with E-state index in [0.717, 1.165) is 25.7 Å². The molecule has 0 bridgehead atoms. The summed E-state index contributed by atoms with van der Waals surface area (Å²) in [6, 6.07) is 0. The lowest BCUT2D eigenvalue weighted by Gasteiger charge is -2.23. The number of ether oxygens (including phenoxy) is 1. The average Bonchev–Trinajstić information content (AvgIpc) is 2.33. The zero-order valence-electron chi connectivity index (χ0n) is 10.1. The highest BCUT2D eigenvalue weighted by molar-refractivity contribution is 5.83. The van der Waals surface area contributed by atoms with E-state index in [-0.39, 0.29) is 0 Å². The van der Waals surface area contributed by atoms with Crippen molar-refractivity contribution in [2.45, 2.75) is 38.3 Å². The number of halogens is 3. The SMILES string of the molecule is NC(=NO)C(COCC1CCCCC1)C(F)(F)F. The Balaban J connectivity index is 2.37. The number of alkyl halides is 3. The van der Waals surface area contributed by atoms with E-state index in [1.807, 2.05) is 0 Å². The minimum Gasteiger partial charge on any atom is -0.409 e. The maximum Gasteiger partial charge on any atom is 0.401 e. The fourth-order valence-electron chi connectivity index (χ4n) is 2.12. The van der Waals surface area contributed by atoms with Crippen molar-refractivity contribution < 1.29 is 23.1 Å². The van der Waals surface area contributed by atoms with Gasteiger partial charge in [-0.25, -0.2) is 0 Å². The highest BCUT2D eigenvalue weighted by Crippen LogP contribution is 2.28. The van der Waals surface area contributed by atoms with Crippen LogP contribution < -0.4 is 5.73 Å². The van der Waals surface area contributed by atoms with Gasteiger partial charge in [0, 0.05) is 6.61 Å². The fourth-order valence-corrected chi connectivity index (χ4v) is 2.12. The number of oxime groups is 1. The van der Waals surface area contributed by atoms with Crippen LogP contribution in [0, 0.1) is 11.8 Å². The number of hydrogen-bond donors (Lipinski definition) is 2. The Labute approximate surface area is 104 Å². The van der Waals surface area contributed by atoms with Gasteiger partial charge in [-0.15, -0.1) is 0 Å². The molecule has 0 spiro atoms. The molecule has 0 aromatic rings. The zero-order chi connectivity index (χ0) is 13.6. The lowest BCUT2D eigenvalue weighted by molar-refractivity contribution is -0.169. The highest BCUT2D eigenvalue weighted by atomic mass is 19.4. The second kappa shape index (κ2) is 6.82. The van der Waals surface area contributed by atoms with Crippen molar-refractivity contribution in [2.75, 3.05) is 13.2 Å². The van der Waals surface area contributed by atoms with Crippen molar-refractivity contribution in [1.82, 2.24) is 0 Å². The van der Waals surface area contributed by atoms with Crippen LogP contribution in [0.5, 0.6) is 0 Å². The lowest BCUT2D eigenvalue weighted by atomic mass is 9.90. The number of amidine groups is 1. The van der Waals surface area contributed by atoms with E-state index in [1.54, 1.807) is 0 Å². The van der Waals surface area contributed by atoms with Gasteiger partial charge in [-0.2, -0.15) is 13.2 Å². The second-order valence-electron chi connectivity index (χ2n) is 4.66. The minimum absolute atomic E-state index is 0.311. The molecule has 1 rings (SSSR count). The molecule has 1 unspecified atom stereocenters. The molecule has 3 N–H and O–H groups in total. The summed E-state index contributed by atoms with van der Waals surface area (Å²) < 4.78 is 42.8. The molecular weight excluding hydrogens is 249 g/mol. The van der Waals surface area contributed by atoms with Crippen LogP contribution in [0.15, 0.2) is 5.16 Å². The Hall–Kier alpha value is -0.980. The summed E-state index contributed by atoms with van der Waals surface area (Å²) in [5.74, 6) is -2.56. The second-order valence-corrected chi connectivity index (χ2v) is 4.66. The third kappa shape index (κ3) is 4.72. The fraction of sp³-hybridized carbons (Fsp3) is 0.909. The molecule has 0 aliphatic heterocycles. The molecule has 106 valence electrons. The summed E-state index contributed by atoms with van der Waals surface area (Å²) in [5, 5.41) is 10.7. The first-order valence-corrected chi connectivity index (χ1v) is 6.07. The molecule has 1 atom stereocenters. The van der Waals surface area contributed by atoms with Gasteiger partial charge in [0.15, 0.2) is 5.84 Å². The molecular formula is C11H19F3N2O2. The Bertz CT molecular complexity index is 276. The largest absolute Gasteiger partial charge is 0.409 e. The van der Waals surface area contributed by atoms with Gasteiger partial charge in [-0.3, -0.25) is 0 Å². The molecule has 7 heteroatoms. The molecule has 0 aromatic carbocycles. The first-order chi connectivity index (χ1) is 8.45. The zero-order valence-corrected chi connectivity index (χ0v) is 10.1. The topological polar surface area (TPSA) is 67.8 Å². The van der Waals surface area contributed by atoms with E-state index in [0.29, 0.717) is 12.5 Å². The van der Waals surface area contributed by atoms with Crippen molar-refractivity contribution in [2.24, 2.45) is 22.7 Å². The van der Waals surface area contributed by atoms with E-state index in [9.17, 15) is 13.2 Å². The predicted molar refractivity (Wildman–Crippen MR) is 60.3 cm³/mol. The Morgan fingerprint density at radius 1 is 1.33 bits per heavy atom. The average molecular weight is 268 g/mol. The maximum atomic E-state index is 12.6. The van der Waals surface area contributed by atoms with Crippen LogP contribution in [0.25, 0.3) is 0 Å². The van der Waals surface area contributed by atoms with Gasteiger partial charge in [-0.1, -0.05) is 24.4 Å².